The molecule has 1 saturated heterocycles. The zero-order valence-electron chi connectivity index (χ0n) is 57.4. The molecule has 36 heteroatoms. The fraction of sp³-hybridized carbons (Fsp3) is 0.324. The van der Waals surface area contributed by atoms with Crippen LogP contribution in [0.25, 0.3) is 0 Å². The van der Waals surface area contributed by atoms with E-state index in [1.165, 1.54) is 45.0 Å². The van der Waals surface area contributed by atoms with Crippen molar-refractivity contribution in [2.75, 3.05) is 79.3 Å². The second-order valence-electron chi connectivity index (χ2n) is 19.3. The standard InChI is InChI=1S/C14H14O6.C10H14O6.C10H12O6.C8H4O3.3C6H10O3.C4H4O3.C4H2O3/c1-9(2)13(17)19-7-8-20-14(18)11-6-4-3-5-10(11)12(15)16;2*1-7(2)10(14)16-6-5-15-9(13)4-3-8(11)12;9-7-5-3-1-2-4-6(5)8(10)11-7;3*1-5(2)6(8)9-4-3-7;2*5-3-1-2-4(6)7-3/h3-6H,1,7-8H2,2H3,(H,15,16);1,3-6H2,2H3,(H,11,12);3-4H,1,5-6H2,2H3,(H,11,12);1-4H;3*7H,1,3-4H2,2H3;1-2H2;1-2H/b;;4-3-;;;;;;. The van der Waals surface area contributed by atoms with Crippen LogP contribution < -0.4 is 0 Å². The van der Waals surface area contributed by atoms with Crippen molar-refractivity contribution in [3.63, 3.8) is 0 Å². The highest BCUT2D eigenvalue weighted by atomic mass is 16.6. The number of carbonyl (C=O) groups is 18. The van der Waals surface area contributed by atoms with Crippen molar-refractivity contribution in [1.29, 1.82) is 0 Å². The van der Waals surface area contributed by atoms with Crippen LogP contribution in [0.5, 0.6) is 0 Å². The van der Waals surface area contributed by atoms with Crippen LogP contribution in [0.3, 0.4) is 0 Å². The van der Waals surface area contributed by atoms with E-state index in [1.54, 1.807) is 45.0 Å². The van der Waals surface area contributed by atoms with Gasteiger partial charge in [0.1, 0.15) is 59.5 Å². The van der Waals surface area contributed by atoms with Gasteiger partial charge in [0.25, 0.3) is 0 Å². The molecule has 6 N–H and O–H groups in total. The Morgan fingerprint density at radius 3 is 1.00 bits per heavy atom. The van der Waals surface area contributed by atoms with Crippen LogP contribution in [0.2, 0.25) is 0 Å². The van der Waals surface area contributed by atoms with E-state index < -0.39 is 107 Å². The molecule has 3 aliphatic rings. The first-order chi connectivity index (χ1) is 48.7. The maximum absolute atomic E-state index is 11.7. The summed E-state index contributed by atoms with van der Waals surface area (Å²) in [5.74, 6) is -11.9. The molecule has 36 nitrogen and oxygen atoms in total. The molecule has 0 aromatic heterocycles. The third-order valence-electron chi connectivity index (χ3n) is 9.91. The number of carboxylic acid groups (broad SMARTS) is 3. The summed E-state index contributed by atoms with van der Waals surface area (Å²) >= 11 is 0. The molecule has 0 unspecified atom stereocenters. The summed E-state index contributed by atoms with van der Waals surface area (Å²) in [5, 5.41) is 50.0. The number of benzene rings is 2. The lowest BCUT2D eigenvalue weighted by Gasteiger charge is -2.07. The molecule has 104 heavy (non-hydrogen) atoms. The highest BCUT2D eigenvalue weighted by Gasteiger charge is 2.28. The van der Waals surface area contributed by atoms with Gasteiger partial charge in [0.2, 0.25) is 0 Å². The van der Waals surface area contributed by atoms with Crippen molar-refractivity contribution in [3.05, 3.63) is 168 Å². The summed E-state index contributed by atoms with van der Waals surface area (Å²) in [6.45, 7) is 28.4. The lowest BCUT2D eigenvalue weighted by atomic mass is 10.1. The molecule has 2 aromatic carbocycles. The summed E-state index contributed by atoms with van der Waals surface area (Å²) in [5.41, 5.74) is 2.33. The van der Waals surface area contributed by atoms with Crippen molar-refractivity contribution < 1.29 is 174 Å². The first kappa shape index (κ1) is 97.7. The molecular formula is C68H80O36. The van der Waals surface area contributed by atoms with E-state index in [2.05, 4.69) is 86.8 Å². The molecular weight excluding hydrogens is 1390 g/mol. The minimum atomic E-state index is -1.24. The SMILES string of the molecule is C=C(C)C(=O)OCCO.C=C(C)C(=O)OCCO.C=C(C)C(=O)OCCO.C=C(C)C(=O)OCCOC(=O)/C=C\C(=O)O.C=C(C)C(=O)OCCOC(=O)CCC(=O)O.C=C(C)C(=O)OCCOC(=O)c1ccccc1C(=O)O.O=C1C=CC(=O)O1.O=C1CCC(=O)O1.O=C1OC(=O)c2ccccc21. The smallest absolute Gasteiger partial charge is 0.346 e. The number of cyclic esters (lactones) is 6. The minimum absolute atomic E-state index is 0.0473. The molecule has 0 atom stereocenters. The lowest BCUT2D eigenvalue weighted by molar-refractivity contribution is -0.153. The Morgan fingerprint density at radius 2 is 0.712 bits per heavy atom. The molecule has 1 fully saturated rings. The Kier molecular flexibility index (Phi) is 54.6. The summed E-state index contributed by atoms with van der Waals surface area (Å²) in [4.78, 5) is 190. The van der Waals surface area contributed by atoms with Crippen molar-refractivity contribution in [2.24, 2.45) is 0 Å². The number of hydrogen-bond donors (Lipinski definition) is 6. The largest absolute Gasteiger partial charge is 0.481 e. The average Bonchev–Trinajstić information content (AvgIpc) is 1.55. The van der Waals surface area contributed by atoms with E-state index in [9.17, 15) is 86.3 Å². The summed E-state index contributed by atoms with van der Waals surface area (Å²) in [6.07, 6.45) is 3.65. The first-order valence-electron chi connectivity index (χ1n) is 29.5. The molecule has 0 bridgehead atoms. The van der Waals surface area contributed by atoms with Gasteiger partial charge in [-0.05, 0) is 65.8 Å². The fourth-order valence-corrected chi connectivity index (χ4v) is 5.15. The van der Waals surface area contributed by atoms with E-state index in [0.717, 1.165) is 18.2 Å². The first-order valence-corrected chi connectivity index (χ1v) is 29.5. The highest BCUT2D eigenvalue weighted by Crippen LogP contribution is 2.18. The number of carboxylic acids is 3. The normalized spacial score (nSPS) is 11.1. The average molecular weight is 1470 g/mol. The third kappa shape index (κ3) is 53.3. The van der Waals surface area contributed by atoms with Gasteiger partial charge in [0, 0.05) is 57.7 Å². The predicted molar refractivity (Wildman–Crippen MR) is 352 cm³/mol. The van der Waals surface area contributed by atoms with Gasteiger partial charge in [0.05, 0.1) is 67.8 Å². The number of rotatable bonds is 28. The summed E-state index contributed by atoms with van der Waals surface area (Å²) in [6, 6.07) is 12.2. The van der Waals surface area contributed by atoms with Crippen LogP contribution in [-0.4, -0.2) is 217 Å². The molecule has 0 saturated carbocycles. The number of aliphatic hydroxyl groups is 3. The van der Waals surface area contributed by atoms with Crippen LogP contribution in [0.15, 0.2) is 146 Å². The number of carbonyl (C=O) groups excluding carboxylic acids is 15. The molecule has 3 heterocycles. The van der Waals surface area contributed by atoms with Gasteiger partial charge >= 0.3 is 107 Å². The lowest BCUT2D eigenvalue weighted by Crippen LogP contribution is -2.16. The van der Waals surface area contributed by atoms with Gasteiger partial charge in [-0.25, -0.2) is 67.1 Å². The molecule has 0 radical (unpaired) electrons. The van der Waals surface area contributed by atoms with Gasteiger partial charge in [-0.15, -0.1) is 0 Å². The van der Waals surface area contributed by atoms with E-state index in [1.807, 2.05) is 0 Å². The zero-order valence-corrected chi connectivity index (χ0v) is 57.4. The van der Waals surface area contributed by atoms with Gasteiger partial charge < -0.3 is 87.5 Å². The van der Waals surface area contributed by atoms with E-state index in [4.69, 9.17) is 40.1 Å². The van der Waals surface area contributed by atoms with Crippen molar-refractivity contribution in [1.82, 2.24) is 0 Å². The quantitative estimate of drug-likeness (QED) is 0.0234. The number of aromatic carboxylic acids is 1. The number of aliphatic carboxylic acids is 2. The maximum Gasteiger partial charge on any atom is 0.346 e. The van der Waals surface area contributed by atoms with Crippen molar-refractivity contribution >= 4 is 107 Å². The Labute approximate surface area is 593 Å². The Bertz CT molecular complexity index is 3350. The van der Waals surface area contributed by atoms with Crippen LogP contribution in [0, 0.1) is 0 Å². The van der Waals surface area contributed by atoms with Crippen LogP contribution in [0.4, 0.5) is 0 Å². The topological polar surface area (TPSA) is 539 Å². The van der Waals surface area contributed by atoms with Gasteiger partial charge in [-0.1, -0.05) is 63.7 Å². The minimum Gasteiger partial charge on any atom is -0.481 e. The van der Waals surface area contributed by atoms with E-state index in [0.29, 0.717) is 33.9 Å². The second kappa shape index (κ2) is 58.1. The van der Waals surface area contributed by atoms with Crippen LogP contribution in [-0.2, 0) is 124 Å². The molecule has 0 amide bonds. The Balaban J connectivity index is -0.000000552. The Morgan fingerprint density at radius 1 is 0.394 bits per heavy atom. The van der Waals surface area contributed by atoms with Crippen LogP contribution >= 0.6 is 0 Å². The number of esters is 15. The number of aliphatic hydroxyl groups excluding tert-OH is 3. The number of ether oxygens (including phenoxy) is 12. The van der Waals surface area contributed by atoms with Gasteiger partial charge in [-0.3, -0.25) is 19.2 Å². The molecule has 0 aliphatic carbocycles. The van der Waals surface area contributed by atoms with Gasteiger partial charge in [0.15, 0.2) is 0 Å². The fourth-order valence-electron chi connectivity index (χ4n) is 5.15. The number of fused-ring (bicyclic) bond motifs is 1. The molecule has 0 spiro atoms. The molecule has 568 valence electrons. The van der Waals surface area contributed by atoms with Crippen molar-refractivity contribution in [3.8, 4) is 0 Å². The maximum atomic E-state index is 11.7. The third-order valence-corrected chi connectivity index (χ3v) is 9.91. The van der Waals surface area contributed by atoms with E-state index >= 15 is 0 Å². The van der Waals surface area contributed by atoms with Crippen molar-refractivity contribution in [2.45, 2.75) is 67.2 Å². The summed E-state index contributed by atoms with van der Waals surface area (Å²) < 4.78 is 53.8. The highest BCUT2D eigenvalue weighted by molar-refractivity contribution is 6.14. The van der Waals surface area contributed by atoms with E-state index in [-0.39, 0.29) is 133 Å². The van der Waals surface area contributed by atoms with Crippen LogP contribution in [0.1, 0.15) is 109 Å². The zero-order chi connectivity index (χ0) is 80.5. The monoisotopic (exact) mass is 1470 g/mol. The predicted octanol–water partition coefficient (Wildman–Crippen LogP) is 3.23. The second-order valence-corrected chi connectivity index (χ2v) is 19.3. The molecule has 5 rings (SSSR count). The molecule has 2 aromatic rings. The molecule has 3 aliphatic heterocycles. The number of hydrogen-bond acceptors (Lipinski definition) is 33. The Hall–Kier alpha value is -12.7. The summed E-state index contributed by atoms with van der Waals surface area (Å²) in [7, 11) is 0. The van der Waals surface area contributed by atoms with Gasteiger partial charge in [-0.2, -0.15) is 0 Å².